The average molecular weight is 313 g/mol. The van der Waals surface area contributed by atoms with Gasteiger partial charge in [0.1, 0.15) is 0 Å². The van der Waals surface area contributed by atoms with Gasteiger partial charge in [-0.15, -0.1) is 0 Å². The first-order valence-electron chi connectivity index (χ1n) is 7.18. The van der Waals surface area contributed by atoms with E-state index in [-0.39, 0.29) is 28.3 Å². The molecule has 0 aliphatic heterocycles. The van der Waals surface area contributed by atoms with Gasteiger partial charge in [0.2, 0.25) is 11.8 Å². The molecule has 1 aromatic heterocycles. The van der Waals surface area contributed by atoms with Gasteiger partial charge in [-0.25, -0.2) is 0 Å². The summed E-state index contributed by atoms with van der Waals surface area (Å²) in [5.74, 6) is -0.0708. The van der Waals surface area contributed by atoms with Crippen LogP contribution in [0.2, 0.25) is 0 Å². The lowest BCUT2D eigenvalue weighted by atomic mass is 10.2. The van der Waals surface area contributed by atoms with Gasteiger partial charge < -0.3 is 15.0 Å². The lowest BCUT2D eigenvalue weighted by Crippen LogP contribution is -2.29. The van der Waals surface area contributed by atoms with Crippen molar-refractivity contribution in [1.29, 1.82) is 0 Å². The Balaban J connectivity index is 2.64. The van der Waals surface area contributed by atoms with Gasteiger partial charge in [0, 0.05) is 13.6 Å². The highest BCUT2D eigenvalue weighted by Crippen LogP contribution is 2.17. The number of aromatic nitrogens is 2. The Morgan fingerprint density at radius 3 is 2.67 bits per heavy atom. The predicted molar refractivity (Wildman–Crippen MR) is 83.8 cm³/mol. The number of carbonyl (C=O) groups excluding carboxylic acids is 1. The molecule has 1 rings (SSSR count). The lowest BCUT2D eigenvalue weighted by molar-refractivity contribution is -0.127. The quantitative estimate of drug-likeness (QED) is 0.564. The van der Waals surface area contributed by atoms with Crippen molar-refractivity contribution in [2.45, 2.75) is 44.7 Å². The lowest BCUT2D eigenvalue weighted by Gasteiger charge is -2.16. The molecule has 0 saturated carbocycles. The number of hydrogen-bond acceptors (Lipinski definition) is 5. The van der Waals surface area contributed by atoms with Crippen LogP contribution in [0.25, 0.3) is 0 Å². The summed E-state index contributed by atoms with van der Waals surface area (Å²) >= 11 is 1.13. The van der Waals surface area contributed by atoms with Crippen molar-refractivity contribution in [3.8, 4) is 5.88 Å². The molecule has 0 aromatic carbocycles. The number of rotatable bonds is 8. The molecule has 0 unspecified atom stereocenters. The van der Waals surface area contributed by atoms with Gasteiger partial charge in [0.05, 0.1) is 11.3 Å². The maximum Gasteiger partial charge on any atom is 0.258 e. The van der Waals surface area contributed by atoms with E-state index in [1.54, 1.807) is 11.9 Å². The Bertz CT molecular complexity index is 531. The third-order valence-corrected chi connectivity index (χ3v) is 3.94. The summed E-state index contributed by atoms with van der Waals surface area (Å²) in [7, 11) is 1.76. The second kappa shape index (κ2) is 8.71. The van der Waals surface area contributed by atoms with Gasteiger partial charge in [-0.3, -0.25) is 9.59 Å². The Kier molecular flexibility index (Phi) is 7.28. The van der Waals surface area contributed by atoms with Crippen LogP contribution in [0.4, 0.5) is 0 Å². The third kappa shape index (κ3) is 5.41. The number of nitrogens with one attached hydrogen (secondary N) is 1. The van der Waals surface area contributed by atoms with Gasteiger partial charge >= 0.3 is 0 Å². The molecular formula is C14H23N3O3S. The first-order valence-corrected chi connectivity index (χ1v) is 8.17. The van der Waals surface area contributed by atoms with Crippen molar-refractivity contribution in [3.05, 3.63) is 15.9 Å². The van der Waals surface area contributed by atoms with E-state index < -0.39 is 0 Å². The second-order valence-corrected chi connectivity index (χ2v) is 5.84. The van der Waals surface area contributed by atoms with Crippen molar-refractivity contribution in [1.82, 2.24) is 14.9 Å². The molecule has 1 aromatic rings. The first-order chi connectivity index (χ1) is 9.99. The van der Waals surface area contributed by atoms with E-state index in [2.05, 4.69) is 16.9 Å². The molecule has 0 radical (unpaired) electrons. The zero-order valence-corrected chi connectivity index (χ0v) is 13.6. The van der Waals surface area contributed by atoms with E-state index in [9.17, 15) is 14.7 Å². The Hall–Kier alpha value is -1.50. The monoisotopic (exact) mass is 313 g/mol. The van der Waals surface area contributed by atoms with Crippen molar-refractivity contribution < 1.29 is 9.90 Å². The SMILES string of the molecule is CCCCN(C)C(=O)CSc1nc(O)c(CCC)c(=O)[nH]1. The molecular weight excluding hydrogens is 290 g/mol. The summed E-state index contributed by atoms with van der Waals surface area (Å²) in [6, 6.07) is 0. The highest BCUT2D eigenvalue weighted by Gasteiger charge is 2.13. The number of aromatic hydroxyl groups is 1. The Morgan fingerprint density at radius 1 is 1.38 bits per heavy atom. The maximum absolute atomic E-state index is 11.9. The molecule has 6 nitrogen and oxygen atoms in total. The van der Waals surface area contributed by atoms with Crippen LogP contribution in [0.1, 0.15) is 38.7 Å². The van der Waals surface area contributed by atoms with E-state index in [1.807, 2.05) is 6.92 Å². The first kappa shape index (κ1) is 17.6. The summed E-state index contributed by atoms with van der Waals surface area (Å²) in [5.41, 5.74) is -0.0353. The standard InChI is InChI=1S/C14H23N3O3S/c1-4-6-8-17(3)11(18)9-21-14-15-12(19)10(7-5-2)13(20)16-14/h4-9H2,1-3H3,(H2,15,16,19,20). The number of unbranched alkanes of at least 4 members (excludes halogenated alkanes) is 1. The van der Waals surface area contributed by atoms with Crippen LogP contribution in [0.15, 0.2) is 9.95 Å². The van der Waals surface area contributed by atoms with E-state index >= 15 is 0 Å². The van der Waals surface area contributed by atoms with Crippen molar-refractivity contribution in [3.63, 3.8) is 0 Å². The fourth-order valence-electron chi connectivity index (χ4n) is 1.77. The number of amides is 1. The molecule has 118 valence electrons. The van der Waals surface area contributed by atoms with Crippen molar-refractivity contribution in [2.24, 2.45) is 0 Å². The summed E-state index contributed by atoms with van der Waals surface area (Å²) in [4.78, 5) is 31.9. The number of H-pyrrole nitrogens is 1. The number of hydrogen-bond donors (Lipinski definition) is 2. The van der Waals surface area contributed by atoms with E-state index in [0.717, 1.165) is 37.6 Å². The minimum absolute atomic E-state index is 0.0202. The van der Waals surface area contributed by atoms with Crippen LogP contribution in [0, 0.1) is 0 Å². The summed E-state index contributed by atoms with van der Waals surface area (Å²) < 4.78 is 0. The Morgan fingerprint density at radius 2 is 2.10 bits per heavy atom. The average Bonchev–Trinajstić information content (AvgIpc) is 2.45. The fourth-order valence-corrected chi connectivity index (χ4v) is 2.57. The normalized spacial score (nSPS) is 10.6. The van der Waals surface area contributed by atoms with Crippen LogP contribution in [0.3, 0.4) is 0 Å². The van der Waals surface area contributed by atoms with Gasteiger partial charge in [-0.1, -0.05) is 38.5 Å². The van der Waals surface area contributed by atoms with Gasteiger partial charge in [-0.05, 0) is 12.8 Å². The van der Waals surface area contributed by atoms with Gasteiger partial charge in [-0.2, -0.15) is 4.98 Å². The molecule has 0 bridgehead atoms. The molecule has 0 fully saturated rings. The molecule has 0 spiro atoms. The summed E-state index contributed by atoms with van der Waals surface area (Å²) in [6.07, 6.45) is 3.24. The molecule has 0 saturated heterocycles. The second-order valence-electron chi connectivity index (χ2n) is 4.88. The van der Waals surface area contributed by atoms with E-state index in [4.69, 9.17) is 0 Å². The fraction of sp³-hybridized carbons (Fsp3) is 0.643. The zero-order chi connectivity index (χ0) is 15.8. The maximum atomic E-state index is 11.9. The minimum Gasteiger partial charge on any atom is -0.493 e. The van der Waals surface area contributed by atoms with Crippen LogP contribution >= 0.6 is 11.8 Å². The highest BCUT2D eigenvalue weighted by molar-refractivity contribution is 7.99. The topological polar surface area (TPSA) is 86.3 Å². The summed E-state index contributed by atoms with van der Waals surface area (Å²) in [5, 5.41) is 10.0. The molecule has 1 amide bonds. The molecule has 2 N–H and O–H groups in total. The largest absolute Gasteiger partial charge is 0.493 e. The number of thioether (sulfide) groups is 1. The highest BCUT2D eigenvalue weighted by atomic mass is 32.2. The van der Waals surface area contributed by atoms with Crippen LogP contribution in [-0.4, -0.2) is 45.2 Å². The van der Waals surface area contributed by atoms with Gasteiger partial charge in [0.15, 0.2) is 5.16 Å². The molecule has 0 atom stereocenters. The molecule has 0 aliphatic carbocycles. The Labute approximate surface area is 129 Å². The van der Waals surface area contributed by atoms with Crippen LogP contribution in [0.5, 0.6) is 5.88 Å². The van der Waals surface area contributed by atoms with Gasteiger partial charge in [0.25, 0.3) is 5.56 Å². The molecule has 0 aliphatic rings. The van der Waals surface area contributed by atoms with Crippen molar-refractivity contribution >= 4 is 17.7 Å². The number of aromatic amines is 1. The molecule has 7 heteroatoms. The minimum atomic E-state index is -0.335. The van der Waals surface area contributed by atoms with Crippen molar-refractivity contribution in [2.75, 3.05) is 19.3 Å². The van der Waals surface area contributed by atoms with E-state index in [0.29, 0.717) is 12.0 Å². The zero-order valence-electron chi connectivity index (χ0n) is 12.8. The number of carbonyl (C=O) groups is 1. The smallest absolute Gasteiger partial charge is 0.258 e. The summed E-state index contributed by atoms with van der Waals surface area (Å²) in [6.45, 7) is 4.72. The molecule has 1 heterocycles. The molecule has 21 heavy (non-hydrogen) atoms. The van der Waals surface area contributed by atoms with E-state index in [1.165, 1.54) is 0 Å². The predicted octanol–water partition coefficient (Wildman–Crippen LogP) is 1.78. The third-order valence-electron chi connectivity index (χ3n) is 3.08. The number of nitrogens with zero attached hydrogens (tertiary/aromatic N) is 2. The van der Waals surface area contributed by atoms with Crippen LogP contribution < -0.4 is 5.56 Å². The van der Waals surface area contributed by atoms with Crippen LogP contribution in [-0.2, 0) is 11.2 Å².